The molecule has 0 spiro atoms. The number of nitrogens with zero attached hydrogens (tertiary/aromatic N) is 1. The summed E-state index contributed by atoms with van der Waals surface area (Å²) in [4.78, 5) is 12.9. The number of hydrogen-bond acceptors (Lipinski definition) is 3. The Kier molecular flexibility index (Phi) is 7.49. The summed E-state index contributed by atoms with van der Waals surface area (Å²) < 4.78 is 32.7. The molecule has 2 aromatic carbocycles. The van der Waals surface area contributed by atoms with Crippen LogP contribution in [0, 0.1) is 17.6 Å². The maximum absolute atomic E-state index is 13.3. The first kappa shape index (κ1) is 21.1. The van der Waals surface area contributed by atoms with Gasteiger partial charge in [0.25, 0.3) is 0 Å². The fourth-order valence-electron chi connectivity index (χ4n) is 3.55. The number of carboxylic acid groups (broad SMARTS) is 1. The van der Waals surface area contributed by atoms with Crippen LogP contribution in [0.3, 0.4) is 0 Å². The van der Waals surface area contributed by atoms with Crippen LogP contribution in [-0.4, -0.2) is 42.2 Å². The molecule has 0 aromatic heterocycles. The Labute approximate surface area is 169 Å². The summed E-state index contributed by atoms with van der Waals surface area (Å²) in [6, 6.07) is 12.3. The van der Waals surface area contributed by atoms with Gasteiger partial charge in [-0.2, -0.15) is 0 Å². The van der Waals surface area contributed by atoms with Gasteiger partial charge in [-0.1, -0.05) is 30.3 Å². The minimum atomic E-state index is -0.909. The van der Waals surface area contributed by atoms with Gasteiger partial charge in [-0.25, -0.2) is 13.6 Å². The van der Waals surface area contributed by atoms with E-state index in [2.05, 4.69) is 4.90 Å². The Morgan fingerprint density at radius 1 is 1.03 bits per heavy atom. The smallest absolute Gasteiger partial charge is 0.327 e. The first-order valence-corrected chi connectivity index (χ1v) is 9.77. The number of likely N-dealkylation sites (tertiary alicyclic amines) is 1. The number of benzene rings is 2. The number of ether oxygens (including phenoxy) is 1. The van der Waals surface area contributed by atoms with Gasteiger partial charge in [-0.15, -0.1) is 0 Å². The van der Waals surface area contributed by atoms with Crippen LogP contribution < -0.4 is 0 Å². The third-order valence-corrected chi connectivity index (χ3v) is 5.18. The monoisotopic (exact) mass is 401 g/mol. The van der Waals surface area contributed by atoms with Crippen molar-refractivity contribution < 1.29 is 23.4 Å². The van der Waals surface area contributed by atoms with Gasteiger partial charge in [0.2, 0.25) is 0 Å². The third kappa shape index (κ3) is 6.48. The van der Waals surface area contributed by atoms with Crippen molar-refractivity contribution >= 4 is 5.97 Å². The molecule has 2 aromatic rings. The second kappa shape index (κ2) is 10.3. The summed E-state index contributed by atoms with van der Waals surface area (Å²) in [5.74, 6) is -1.24. The van der Waals surface area contributed by atoms with E-state index in [4.69, 9.17) is 9.84 Å². The summed E-state index contributed by atoms with van der Waals surface area (Å²) in [5, 5.41) is 8.73. The molecule has 0 bridgehead atoms. The third-order valence-electron chi connectivity index (χ3n) is 5.18. The van der Waals surface area contributed by atoms with E-state index in [1.54, 1.807) is 30.3 Å². The topological polar surface area (TPSA) is 49.8 Å². The van der Waals surface area contributed by atoms with E-state index in [0.29, 0.717) is 12.5 Å². The van der Waals surface area contributed by atoms with Crippen molar-refractivity contribution in [2.24, 2.45) is 5.92 Å². The molecule has 1 aliphatic heterocycles. The minimum absolute atomic E-state index is 0.300. The van der Waals surface area contributed by atoms with Crippen molar-refractivity contribution in [1.29, 1.82) is 0 Å². The van der Waals surface area contributed by atoms with Gasteiger partial charge in [0.1, 0.15) is 17.7 Å². The molecular formula is C23H25F2NO3. The standard InChI is InChI=1S/C23H25F2NO3/c24-20-6-2-18(3-7-20)23(19-4-8-21(25)9-5-19)29-16-15-26-13-11-17(12-14-26)1-10-22(27)28/h1-10,17,23H,11-16H2,(H,27,28)/b10-1+. The van der Waals surface area contributed by atoms with Crippen LogP contribution in [0.5, 0.6) is 0 Å². The average Bonchev–Trinajstić information content (AvgIpc) is 2.72. The van der Waals surface area contributed by atoms with Crippen molar-refractivity contribution in [2.45, 2.75) is 18.9 Å². The highest BCUT2D eigenvalue weighted by Gasteiger charge is 2.19. The molecule has 1 aliphatic rings. The summed E-state index contributed by atoms with van der Waals surface area (Å²) in [5.41, 5.74) is 1.63. The van der Waals surface area contributed by atoms with Gasteiger partial charge >= 0.3 is 5.97 Å². The fraction of sp³-hybridized carbons (Fsp3) is 0.348. The molecule has 3 rings (SSSR count). The molecule has 1 heterocycles. The lowest BCUT2D eigenvalue weighted by atomic mass is 9.96. The Morgan fingerprint density at radius 2 is 1.55 bits per heavy atom. The highest BCUT2D eigenvalue weighted by Crippen LogP contribution is 2.27. The molecule has 6 heteroatoms. The van der Waals surface area contributed by atoms with E-state index in [0.717, 1.165) is 43.6 Å². The number of piperidine rings is 1. The fourth-order valence-corrected chi connectivity index (χ4v) is 3.55. The Morgan fingerprint density at radius 3 is 2.03 bits per heavy atom. The highest BCUT2D eigenvalue weighted by molar-refractivity contribution is 5.79. The van der Waals surface area contributed by atoms with Crippen molar-refractivity contribution in [3.05, 3.63) is 83.4 Å². The second-order valence-corrected chi connectivity index (χ2v) is 7.23. The van der Waals surface area contributed by atoms with Crippen LogP contribution in [0.4, 0.5) is 8.78 Å². The zero-order chi connectivity index (χ0) is 20.6. The van der Waals surface area contributed by atoms with E-state index in [1.165, 1.54) is 30.3 Å². The zero-order valence-corrected chi connectivity index (χ0v) is 16.1. The first-order chi connectivity index (χ1) is 14.0. The van der Waals surface area contributed by atoms with Crippen LogP contribution in [0.15, 0.2) is 60.7 Å². The average molecular weight is 401 g/mol. The van der Waals surface area contributed by atoms with Crippen LogP contribution >= 0.6 is 0 Å². The Balaban J connectivity index is 1.56. The van der Waals surface area contributed by atoms with Crippen molar-refractivity contribution in [3.63, 3.8) is 0 Å². The van der Waals surface area contributed by atoms with E-state index >= 15 is 0 Å². The Bertz CT molecular complexity index is 768. The zero-order valence-electron chi connectivity index (χ0n) is 16.1. The van der Waals surface area contributed by atoms with Crippen molar-refractivity contribution in [1.82, 2.24) is 4.90 Å². The minimum Gasteiger partial charge on any atom is -0.478 e. The maximum atomic E-state index is 13.3. The van der Waals surface area contributed by atoms with E-state index in [9.17, 15) is 13.6 Å². The quantitative estimate of drug-likeness (QED) is 0.665. The predicted octanol–water partition coefficient (Wildman–Crippen LogP) is 4.42. The number of hydrogen-bond donors (Lipinski definition) is 1. The Hall–Kier alpha value is -2.57. The van der Waals surface area contributed by atoms with Crippen molar-refractivity contribution in [3.8, 4) is 0 Å². The first-order valence-electron chi connectivity index (χ1n) is 9.77. The van der Waals surface area contributed by atoms with Crippen LogP contribution in [0.1, 0.15) is 30.1 Å². The lowest BCUT2D eigenvalue weighted by molar-refractivity contribution is -0.131. The molecule has 0 aliphatic carbocycles. The van der Waals surface area contributed by atoms with Gasteiger partial charge in [-0.3, -0.25) is 0 Å². The second-order valence-electron chi connectivity index (χ2n) is 7.23. The largest absolute Gasteiger partial charge is 0.478 e. The molecule has 1 saturated heterocycles. The van der Waals surface area contributed by atoms with Gasteiger partial charge in [0.15, 0.2) is 0 Å². The van der Waals surface area contributed by atoms with E-state index in [1.807, 2.05) is 0 Å². The van der Waals surface area contributed by atoms with Crippen LogP contribution in [0.2, 0.25) is 0 Å². The lowest BCUT2D eigenvalue weighted by Crippen LogP contribution is -2.35. The van der Waals surface area contributed by atoms with Gasteiger partial charge in [0.05, 0.1) is 6.61 Å². The number of allylic oxidation sites excluding steroid dienone is 1. The molecule has 1 N–H and O–H groups in total. The number of carboxylic acids is 1. The summed E-state index contributed by atoms with van der Waals surface area (Å²) in [6.45, 7) is 2.99. The number of rotatable bonds is 8. The van der Waals surface area contributed by atoms with E-state index < -0.39 is 12.1 Å². The number of aliphatic carboxylic acids is 1. The predicted molar refractivity (Wildman–Crippen MR) is 107 cm³/mol. The molecule has 0 radical (unpaired) electrons. The number of carbonyl (C=O) groups is 1. The highest BCUT2D eigenvalue weighted by atomic mass is 19.1. The molecule has 29 heavy (non-hydrogen) atoms. The molecule has 4 nitrogen and oxygen atoms in total. The molecule has 154 valence electrons. The van der Waals surface area contributed by atoms with Gasteiger partial charge in [-0.05, 0) is 67.2 Å². The van der Waals surface area contributed by atoms with E-state index in [-0.39, 0.29) is 11.6 Å². The maximum Gasteiger partial charge on any atom is 0.327 e. The molecule has 0 amide bonds. The normalized spacial score (nSPS) is 16.0. The molecule has 1 fully saturated rings. The van der Waals surface area contributed by atoms with Crippen LogP contribution in [0.25, 0.3) is 0 Å². The lowest BCUT2D eigenvalue weighted by Gasteiger charge is -2.31. The van der Waals surface area contributed by atoms with Crippen LogP contribution in [-0.2, 0) is 9.53 Å². The number of halogens is 2. The van der Waals surface area contributed by atoms with Crippen molar-refractivity contribution in [2.75, 3.05) is 26.2 Å². The molecule has 0 saturated carbocycles. The molecular weight excluding hydrogens is 376 g/mol. The van der Waals surface area contributed by atoms with Gasteiger partial charge < -0.3 is 14.7 Å². The summed E-state index contributed by atoms with van der Waals surface area (Å²) in [7, 11) is 0. The van der Waals surface area contributed by atoms with Gasteiger partial charge in [0, 0.05) is 12.6 Å². The molecule has 0 atom stereocenters. The SMILES string of the molecule is O=C(O)/C=C/C1CCN(CCOC(c2ccc(F)cc2)c2ccc(F)cc2)CC1. The molecule has 0 unspecified atom stereocenters. The summed E-state index contributed by atoms with van der Waals surface area (Å²) >= 11 is 0. The summed E-state index contributed by atoms with van der Waals surface area (Å²) in [6.07, 6.45) is 4.44.